The van der Waals surface area contributed by atoms with Crippen LogP contribution >= 0.6 is 11.3 Å². The number of carbonyl (C=O) groups excluding carboxylic acids is 1. The molecule has 0 unspecified atom stereocenters. The molecule has 2 aliphatic heterocycles. The topological polar surface area (TPSA) is 87.4 Å². The van der Waals surface area contributed by atoms with Gasteiger partial charge in [0.15, 0.2) is 11.6 Å². The first-order chi connectivity index (χ1) is 14.6. The van der Waals surface area contributed by atoms with Crippen molar-refractivity contribution >= 4 is 23.1 Å². The molecule has 3 aromatic heterocycles. The van der Waals surface area contributed by atoms with Crippen LogP contribution in [-0.2, 0) is 4.79 Å². The first-order valence-corrected chi connectivity index (χ1v) is 10.8. The molecule has 0 aliphatic carbocycles. The zero-order valence-corrected chi connectivity index (χ0v) is 17.5. The molecule has 0 saturated carbocycles. The minimum absolute atomic E-state index is 0.0904. The fraction of sp³-hybridized carbons (Fsp3) is 0.333. The van der Waals surface area contributed by atoms with E-state index in [4.69, 9.17) is 4.42 Å². The number of aryl methyl sites for hydroxylation is 1. The summed E-state index contributed by atoms with van der Waals surface area (Å²) < 4.78 is 5.69. The van der Waals surface area contributed by atoms with Gasteiger partial charge in [-0.2, -0.15) is 0 Å². The van der Waals surface area contributed by atoms with Crippen LogP contribution in [-0.4, -0.2) is 63.4 Å². The number of rotatable bonds is 5. The van der Waals surface area contributed by atoms with Gasteiger partial charge in [-0.25, -0.2) is 15.0 Å². The molecule has 1 saturated heterocycles. The summed E-state index contributed by atoms with van der Waals surface area (Å²) in [7, 11) is 0. The lowest BCUT2D eigenvalue weighted by Gasteiger charge is -2.35. The second-order valence-electron chi connectivity index (χ2n) is 7.44. The Labute approximate surface area is 178 Å². The SMILES string of the molecule is Cc1ccc(-c2nc(NC(=O)CN3CCN4CCC=C4C3)cc(-c3nccs3)n2)o1. The van der Waals surface area contributed by atoms with Crippen molar-refractivity contribution in [1.29, 1.82) is 0 Å². The normalized spacial score (nSPS) is 16.4. The molecule has 3 aromatic rings. The maximum absolute atomic E-state index is 12.7. The van der Waals surface area contributed by atoms with Crippen LogP contribution < -0.4 is 5.32 Å². The third-order valence-electron chi connectivity index (χ3n) is 5.23. The van der Waals surface area contributed by atoms with Crippen LogP contribution in [0.25, 0.3) is 22.3 Å². The maximum Gasteiger partial charge on any atom is 0.239 e. The minimum atomic E-state index is -0.0904. The summed E-state index contributed by atoms with van der Waals surface area (Å²) in [6.07, 6.45) is 5.10. The van der Waals surface area contributed by atoms with E-state index in [9.17, 15) is 4.79 Å². The summed E-state index contributed by atoms with van der Waals surface area (Å²) in [5.41, 5.74) is 1.99. The lowest BCUT2D eigenvalue weighted by molar-refractivity contribution is -0.117. The summed E-state index contributed by atoms with van der Waals surface area (Å²) in [6, 6.07) is 5.45. The average Bonchev–Trinajstić information content (AvgIpc) is 3.49. The number of carbonyl (C=O) groups is 1. The molecule has 5 heterocycles. The van der Waals surface area contributed by atoms with E-state index in [0.29, 0.717) is 29.6 Å². The van der Waals surface area contributed by atoms with Gasteiger partial charge >= 0.3 is 0 Å². The Balaban J connectivity index is 1.35. The molecule has 30 heavy (non-hydrogen) atoms. The van der Waals surface area contributed by atoms with Gasteiger partial charge in [-0.1, -0.05) is 6.08 Å². The van der Waals surface area contributed by atoms with Gasteiger partial charge in [0.1, 0.15) is 22.3 Å². The van der Waals surface area contributed by atoms with Gasteiger partial charge in [-0.3, -0.25) is 9.69 Å². The van der Waals surface area contributed by atoms with E-state index in [1.807, 2.05) is 24.4 Å². The highest BCUT2D eigenvalue weighted by Crippen LogP contribution is 2.27. The first kappa shape index (κ1) is 19.0. The van der Waals surface area contributed by atoms with Gasteiger partial charge in [0.25, 0.3) is 0 Å². The van der Waals surface area contributed by atoms with Gasteiger partial charge < -0.3 is 14.6 Å². The molecule has 2 aliphatic rings. The average molecular weight is 423 g/mol. The van der Waals surface area contributed by atoms with E-state index < -0.39 is 0 Å². The molecule has 0 atom stereocenters. The lowest BCUT2D eigenvalue weighted by atomic mass is 10.2. The number of piperazine rings is 1. The third-order valence-corrected chi connectivity index (χ3v) is 6.03. The van der Waals surface area contributed by atoms with Crippen LogP contribution in [0.3, 0.4) is 0 Å². The van der Waals surface area contributed by atoms with E-state index in [0.717, 1.165) is 43.4 Å². The smallest absolute Gasteiger partial charge is 0.239 e. The monoisotopic (exact) mass is 422 g/mol. The minimum Gasteiger partial charge on any atom is -0.458 e. The molecule has 1 N–H and O–H groups in total. The largest absolute Gasteiger partial charge is 0.458 e. The fourth-order valence-corrected chi connectivity index (χ4v) is 4.40. The Morgan fingerprint density at radius 3 is 3.00 bits per heavy atom. The second kappa shape index (κ2) is 8.00. The van der Waals surface area contributed by atoms with E-state index in [-0.39, 0.29) is 5.91 Å². The van der Waals surface area contributed by atoms with Crippen LogP contribution in [0.5, 0.6) is 0 Å². The van der Waals surface area contributed by atoms with Crippen molar-refractivity contribution in [2.45, 2.75) is 13.3 Å². The summed E-state index contributed by atoms with van der Waals surface area (Å²) in [6.45, 7) is 5.98. The summed E-state index contributed by atoms with van der Waals surface area (Å²) in [4.78, 5) is 30.7. The number of nitrogens with zero attached hydrogens (tertiary/aromatic N) is 5. The number of aromatic nitrogens is 3. The number of nitrogens with one attached hydrogen (secondary N) is 1. The zero-order chi connectivity index (χ0) is 20.5. The molecular formula is C21H22N6O2S. The Kier molecular flexibility index (Phi) is 5.06. The van der Waals surface area contributed by atoms with Crippen molar-refractivity contribution in [3.05, 3.63) is 47.3 Å². The number of fused-ring (bicyclic) bond motifs is 1. The van der Waals surface area contributed by atoms with Crippen LogP contribution in [0.4, 0.5) is 5.82 Å². The number of hydrogen-bond acceptors (Lipinski definition) is 8. The molecule has 5 rings (SSSR count). The Hall–Kier alpha value is -3.04. The van der Waals surface area contributed by atoms with Crippen molar-refractivity contribution < 1.29 is 9.21 Å². The van der Waals surface area contributed by atoms with Crippen molar-refractivity contribution in [2.24, 2.45) is 0 Å². The molecule has 1 amide bonds. The van der Waals surface area contributed by atoms with Crippen LogP contribution in [0.2, 0.25) is 0 Å². The number of thiazole rings is 1. The van der Waals surface area contributed by atoms with Crippen molar-refractivity contribution in [3.63, 3.8) is 0 Å². The van der Waals surface area contributed by atoms with E-state index >= 15 is 0 Å². The van der Waals surface area contributed by atoms with Gasteiger partial charge in [-0.05, 0) is 25.5 Å². The zero-order valence-electron chi connectivity index (χ0n) is 16.7. The van der Waals surface area contributed by atoms with Gasteiger partial charge in [0.2, 0.25) is 5.91 Å². The van der Waals surface area contributed by atoms with Gasteiger partial charge in [0.05, 0.1) is 6.54 Å². The Morgan fingerprint density at radius 2 is 2.20 bits per heavy atom. The Bertz CT molecular complexity index is 1090. The number of amides is 1. The molecule has 0 aromatic carbocycles. The molecule has 9 heteroatoms. The summed E-state index contributed by atoms with van der Waals surface area (Å²) in [5.74, 6) is 2.12. The standard InChI is InChI=1S/C21H22N6O2S/c1-14-4-5-17(29-14)20-23-16(21-22-6-10-30-21)11-18(25-20)24-19(28)13-26-8-9-27-7-2-3-15(27)12-26/h3-6,10-11H,2,7-9,12-13H2,1H3,(H,23,24,25,28). The molecule has 8 nitrogen and oxygen atoms in total. The number of hydrogen-bond donors (Lipinski definition) is 1. The van der Waals surface area contributed by atoms with Crippen LogP contribution in [0.1, 0.15) is 12.2 Å². The van der Waals surface area contributed by atoms with Crippen LogP contribution in [0, 0.1) is 6.92 Å². The van der Waals surface area contributed by atoms with E-state index in [2.05, 4.69) is 36.1 Å². The highest BCUT2D eigenvalue weighted by molar-refractivity contribution is 7.13. The van der Waals surface area contributed by atoms with Crippen LogP contribution in [0.15, 0.2) is 46.0 Å². The predicted molar refractivity (Wildman–Crippen MR) is 115 cm³/mol. The summed E-state index contributed by atoms with van der Waals surface area (Å²) in [5, 5.41) is 5.60. The number of anilines is 1. The third kappa shape index (κ3) is 3.99. The Morgan fingerprint density at radius 1 is 1.27 bits per heavy atom. The molecule has 0 radical (unpaired) electrons. The summed E-state index contributed by atoms with van der Waals surface area (Å²) >= 11 is 1.49. The predicted octanol–water partition coefficient (Wildman–Crippen LogP) is 3.01. The maximum atomic E-state index is 12.7. The van der Waals surface area contributed by atoms with Crippen molar-refractivity contribution in [1.82, 2.24) is 24.8 Å². The molecule has 0 bridgehead atoms. The van der Waals surface area contributed by atoms with Gasteiger partial charge in [-0.15, -0.1) is 11.3 Å². The highest BCUT2D eigenvalue weighted by Gasteiger charge is 2.25. The fourth-order valence-electron chi connectivity index (χ4n) is 3.81. The molecule has 0 spiro atoms. The molecule has 1 fully saturated rings. The highest BCUT2D eigenvalue weighted by atomic mass is 32.1. The van der Waals surface area contributed by atoms with E-state index in [1.165, 1.54) is 17.0 Å². The van der Waals surface area contributed by atoms with E-state index in [1.54, 1.807) is 12.3 Å². The quantitative estimate of drug-likeness (QED) is 0.676. The van der Waals surface area contributed by atoms with Gasteiger partial charge in [0, 0.05) is 49.5 Å². The van der Waals surface area contributed by atoms with Crippen molar-refractivity contribution in [3.8, 4) is 22.3 Å². The first-order valence-electron chi connectivity index (χ1n) is 9.96. The lowest BCUT2D eigenvalue weighted by Crippen LogP contribution is -2.46. The number of furan rings is 1. The second-order valence-corrected chi connectivity index (χ2v) is 8.33. The molecular weight excluding hydrogens is 400 g/mol. The van der Waals surface area contributed by atoms with Crippen molar-refractivity contribution in [2.75, 3.05) is 38.0 Å². The molecule has 154 valence electrons.